The van der Waals surface area contributed by atoms with E-state index in [9.17, 15) is 23.6 Å². The zero-order valence-corrected chi connectivity index (χ0v) is 28.5. The molecule has 0 aliphatic rings. The largest absolute Gasteiger partial charge is 0.481 e. The molecule has 0 radical (unpaired) electrons. The van der Waals surface area contributed by atoms with E-state index in [0.29, 0.717) is 36.0 Å². The minimum Gasteiger partial charge on any atom is -0.481 e. The van der Waals surface area contributed by atoms with Crippen molar-refractivity contribution in [1.82, 2.24) is 20.1 Å². The van der Waals surface area contributed by atoms with Crippen LogP contribution in [0.25, 0.3) is 11.1 Å². The van der Waals surface area contributed by atoms with Crippen LogP contribution in [0.3, 0.4) is 0 Å². The zero-order valence-electron chi connectivity index (χ0n) is 27.7. The van der Waals surface area contributed by atoms with Crippen molar-refractivity contribution >= 4 is 29.9 Å². The smallest absolute Gasteiger partial charge is 0.305 e. The highest BCUT2D eigenvalue weighted by Gasteiger charge is 2.22. The van der Waals surface area contributed by atoms with Crippen molar-refractivity contribution in [3.05, 3.63) is 91.6 Å². The molecule has 0 spiro atoms. The summed E-state index contributed by atoms with van der Waals surface area (Å²) >= 11 is 6.07. The highest BCUT2D eigenvalue weighted by Crippen LogP contribution is 2.34. The summed E-state index contributed by atoms with van der Waals surface area (Å²) in [5, 5.41) is 14.9. The number of rotatable bonds is 14. The van der Waals surface area contributed by atoms with Crippen LogP contribution in [0, 0.1) is 32.5 Å². The van der Waals surface area contributed by atoms with Crippen molar-refractivity contribution in [2.45, 2.75) is 66.5 Å². The Morgan fingerprint density at radius 1 is 1.09 bits per heavy atom. The third kappa shape index (κ3) is 11.4. The molecule has 0 saturated heterocycles. The molecule has 0 bridgehead atoms. The SMILES string of the molecule is CC(C)CCNC(=O)c1cccn(CCCN(C)C)c1=O.Cc1cc(-c2c(C)cc(Cl)cc2C)cc([C@H](CC(=O)O)NC=O)c1F. The Labute approximate surface area is 275 Å². The molecular weight excluding hydrogens is 611 g/mol. The number of aromatic nitrogens is 1. The van der Waals surface area contributed by atoms with Gasteiger partial charge in [0.15, 0.2) is 0 Å². The van der Waals surface area contributed by atoms with Gasteiger partial charge in [-0.3, -0.25) is 19.2 Å². The van der Waals surface area contributed by atoms with Crippen LogP contribution in [-0.4, -0.2) is 60.0 Å². The fraction of sp³-hybridized carbons (Fsp3) is 0.429. The monoisotopic (exact) mass is 656 g/mol. The van der Waals surface area contributed by atoms with Crippen LogP contribution in [0.15, 0.2) is 47.4 Å². The van der Waals surface area contributed by atoms with Gasteiger partial charge in [0.05, 0.1) is 12.5 Å². The first kappa shape index (κ1) is 38.2. The summed E-state index contributed by atoms with van der Waals surface area (Å²) in [5.74, 6) is -1.39. The van der Waals surface area contributed by atoms with E-state index in [1.807, 2.05) is 40.1 Å². The average molecular weight is 657 g/mol. The molecule has 2 aromatic carbocycles. The number of nitrogens with zero attached hydrogens (tertiary/aromatic N) is 2. The highest BCUT2D eigenvalue weighted by atomic mass is 35.5. The Hall–Kier alpha value is -4.02. The fourth-order valence-corrected chi connectivity index (χ4v) is 5.42. The Balaban J connectivity index is 0.000000326. The van der Waals surface area contributed by atoms with Crippen LogP contribution in [0.5, 0.6) is 0 Å². The Morgan fingerprint density at radius 3 is 2.30 bits per heavy atom. The van der Waals surface area contributed by atoms with E-state index in [2.05, 4.69) is 29.4 Å². The second kappa shape index (κ2) is 18.2. The lowest BCUT2D eigenvalue weighted by Gasteiger charge is -2.19. The molecule has 0 unspecified atom stereocenters. The minimum absolute atomic E-state index is 0.151. The van der Waals surface area contributed by atoms with Gasteiger partial charge in [0.1, 0.15) is 11.4 Å². The summed E-state index contributed by atoms with van der Waals surface area (Å²) < 4.78 is 16.2. The number of pyridine rings is 1. The van der Waals surface area contributed by atoms with Crippen molar-refractivity contribution in [2.75, 3.05) is 27.2 Å². The first-order chi connectivity index (χ1) is 21.7. The van der Waals surface area contributed by atoms with E-state index in [1.54, 1.807) is 42.0 Å². The van der Waals surface area contributed by atoms with E-state index in [-0.39, 0.29) is 22.6 Å². The zero-order chi connectivity index (χ0) is 34.6. The molecule has 3 aromatic rings. The second-order valence-corrected chi connectivity index (χ2v) is 12.5. The maximum Gasteiger partial charge on any atom is 0.305 e. The van der Waals surface area contributed by atoms with Gasteiger partial charge in [-0.25, -0.2) is 4.39 Å². The lowest BCUT2D eigenvalue weighted by Crippen LogP contribution is -2.33. The Morgan fingerprint density at radius 2 is 1.74 bits per heavy atom. The number of aliphatic carboxylic acids is 1. The summed E-state index contributed by atoms with van der Waals surface area (Å²) in [4.78, 5) is 48.3. The molecule has 3 N–H and O–H groups in total. The Kier molecular flexibility index (Phi) is 15.1. The number of aryl methyl sites for hydroxylation is 4. The van der Waals surface area contributed by atoms with E-state index >= 15 is 0 Å². The molecule has 0 aliphatic heterocycles. The van der Waals surface area contributed by atoms with Crippen LogP contribution in [0.1, 0.15) is 71.8 Å². The molecule has 46 heavy (non-hydrogen) atoms. The molecule has 2 amide bonds. The maximum absolute atomic E-state index is 14.6. The van der Waals surface area contributed by atoms with Gasteiger partial charge in [0.2, 0.25) is 6.41 Å². The van der Waals surface area contributed by atoms with E-state index in [1.165, 1.54) is 0 Å². The van der Waals surface area contributed by atoms with Gasteiger partial charge < -0.3 is 25.2 Å². The molecule has 250 valence electrons. The lowest BCUT2D eigenvalue weighted by atomic mass is 9.90. The number of amides is 2. The number of carboxylic acid groups (broad SMARTS) is 1. The normalized spacial score (nSPS) is 11.5. The van der Waals surface area contributed by atoms with Crippen molar-refractivity contribution in [1.29, 1.82) is 0 Å². The number of carboxylic acids is 1. The van der Waals surface area contributed by atoms with Gasteiger partial charge in [-0.05, 0) is 124 Å². The number of halogens is 2. The quantitative estimate of drug-likeness (QED) is 0.186. The topological polar surface area (TPSA) is 121 Å². The van der Waals surface area contributed by atoms with Gasteiger partial charge in [-0.1, -0.05) is 25.4 Å². The molecular formula is C35H46ClFN4O5. The third-order valence-electron chi connectivity index (χ3n) is 7.37. The number of nitrogens with one attached hydrogen (secondary N) is 2. The van der Waals surface area contributed by atoms with Gasteiger partial charge in [-0.15, -0.1) is 0 Å². The summed E-state index contributed by atoms with van der Waals surface area (Å²) in [6.45, 7) is 11.8. The average Bonchev–Trinajstić information content (AvgIpc) is 2.94. The summed E-state index contributed by atoms with van der Waals surface area (Å²) in [6, 6.07) is 9.35. The minimum atomic E-state index is -1.12. The number of benzene rings is 2. The number of hydrogen-bond acceptors (Lipinski definition) is 5. The number of carbonyl (C=O) groups excluding carboxylic acids is 2. The van der Waals surface area contributed by atoms with Crippen LogP contribution in [-0.2, 0) is 16.1 Å². The molecule has 0 fully saturated rings. The lowest BCUT2D eigenvalue weighted by molar-refractivity contribution is -0.137. The van der Waals surface area contributed by atoms with Crippen molar-refractivity contribution in [3.63, 3.8) is 0 Å². The van der Waals surface area contributed by atoms with Gasteiger partial charge in [-0.2, -0.15) is 0 Å². The van der Waals surface area contributed by atoms with Crippen LogP contribution < -0.4 is 16.2 Å². The van der Waals surface area contributed by atoms with Crippen LogP contribution in [0.4, 0.5) is 4.39 Å². The molecule has 0 saturated carbocycles. The Bertz CT molecular complexity index is 1550. The van der Waals surface area contributed by atoms with E-state index in [4.69, 9.17) is 16.7 Å². The molecule has 1 aromatic heterocycles. The summed E-state index contributed by atoms with van der Waals surface area (Å²) in [5.41, 5.74) is 4.07. The second-order valence-electron chi connectivity index (χ2n) is 12.1. The van der Waals surface area contributed by atoms with Crippen molar-refractivity contribution in [3.8, 4) is 11.1 Å². The van der Waals surface area contributed by atoms with Crippen LogP contribution >= 0.6 is 11.6 Å². The predicted octanol–water partition coefficient (Wildman–Crippen LogP) is 5.91. The highest BCUT2D eigenvalue weighted by molar-refractivity contribution is 6.30. The molecule has 1 heterocycles. The van der Waals surface area contributed by atoms with E-state index < -0.39 is 24.2 Å². The van der Waals surface area contributed by atoms with Crippen molar-refractivity contribution in [2.24, 2.45) is 5.92 Å². The summed E-state index contributed by atoms with van der Waals surface area (Å²) in [6.07, 6.45) is 3.51. The van der Waals surface area contributed by atoms with E-state index in [0.717, 1.165) is 41.6 Å². The number of carbonyl (C=O) groups is 3. The van der Waals surface area contributed by atoms with Gasteiger partial charge in [0.25, 0.3) is 11.5 Å². The molecule has 11 heteroatoms. The fourth-order valence-electron chi connectivity index (χ4n) is 5.09. The summed E-state index contributed by atoms with van der Waals surface area (Å²) in [7, 11) is 4.00. The van der Waals surface area contributed by atoms with Gasteiger partial charge >= 0.3 is 5.97 Å². The van der Waals surface area contributed by atoms with Gasteiger partial charge in [0, 0.05) is 29.9 Å². The van der Waals surface area contributed by atoms with Crippen molar-refractivity contribution < 1.29 is 23.9 Å². The first-order valence-electron chi connectivity index (χ1n) is 15.3. The van der Waals surface area contributed by atoms with Crippen LogP contribution in [0.2, 0.25) is 5.02 Å². The maximum atomic E-state index is 14.6. The predicted molar refractivity (Wildman–Crippen MR) is 181 cm³/mol. The molecule has 3 rings (SSSR count). The molecule has 1 atom stereocenters. The first-order valence-corrected chi connectivity index (χ1v) is 15.6. The standard InChI is InChI=1S/C19H19ClFNO3.C16H27N3O2/c1-10-5-14(20)6-11(2)18(10)13-4-12(3)19(21)15(7-13)16(22-9-23)8-17(24)25;1-13(2)8-9-17-15(20)14-7-5-11-19(16(14)21)12-6-10-18(3)4/h4-7,9,16H,8H2,1-3H3,(H,22,23)(H,24,25);5,7,11,13H,6,8-10,12H2,1-4H3,(H,17,20)/t16-;/m0./s1. The third-order valence-corrected chi connectivity index (χ3v) is 7.59. The molecule has 9 nitrogen and oxygen atoms in total. The number of hydrogen-bond donors (Lipinski definition) is 3. The molecule has 0 aliphatic carbocycles.